The van der Waals surface area contributed by atoms with Crippen molar-refractivity contribution in [1.82, 2.24) is 24.6 Å². The van der Waals surface area contributed by atoms with E-state index >= 15 is 0 Å². The molecule has 0 unspecified atom stereocenters. The van der Waals surface area contributed by atoms with E-state index in [-0.39, 0.29) is 6.61 Å². The Kier molecular flexibility index (Phi) is 5.57. The number of hydrogen-bond donors (Lipinski definition) is 2. The van der Waals surface area contributed by atoms with Crippen LogP contribution in [0.2, 0.25) is 0 Å². The maximum atomic E-state index is 9.12. The van der Waals surface area contributed by atoms with Crippen molar-refractivity contribution in [1.29, 1.82) is 5.26 Å². The Morgan fingerprint density at radius 2 is 1.89 bits per heavy atom. The van der Waals surface area contributed by atoms with Gasteiger partial charge in [0.2, 0.25) is 0 Å². The zero-order valence-electron chi connectivity index (χ0n) is 19.4. The van der Waals surface area contributed by atoms with E-state index in [0.29, 0.717) is 18.2 Å². The van der Waals surface area contributed by atoms with Crippen LogP contribution in [0.15, 0.2) is 61.1 Å². The van der Waals surface area contributed by atoms with Gasteiger partial charge in [0, 0.05) is 49.7 Å². The molecule has 0 atom stereocenters. The van der Waals surface area contributed by atoms with Gasteiger partial charge in [-0.2, -0.15) is 5.26 Å². The monoisotopic (exact) mass is 465 g/mol. The first-order valence-corrected chi connectivity index (χ1v) is 12.1. The van der Waals surface area contributed by atoms with Crippen LogP contribution in [0.25, 0.3) is 28.3 Å². The minimum absolute atomic E-state index is 0.185. The number of fused-ring (bicyclic) bond motifs is 5. The summed E-state index contributed by atoms with van der Waals surface area (Å²) in [6.45, 7) is 3.58. The molecule has 0 saturated carbocycles. The Hall–Kier alpha value is -3.93. The quantitative estimate of drug-likeness (QED) is 0.414. The fourth-order valence-corrected chi connectivity index (χ4v) is 5.23. The van der Waals surface area contributed by atoms with E-state index in [2.05, 4.69) is 66.1 Å². The lowest BCUT2D eigenvalue weighted by Crippen LogP contribution is -2.43. The molecule has 0 amide bonds. The number of rotatable bonds is 5. The van der Waals surface area contributed by atoms with Crippen LogP contribution in [0.5, 0.6) is 0 Å². The van der Waals surface area contributed by atoms with Crippen LogP contribution in [0.1, 0.15) is 24.0 Å². The maximum Gasteiger partial charge on any atom is 0.185 e. The zero-order valence-corrected chi connectivity index (χ0v) is 19.4. The number of nitrogens with zero attached hydrogens (tertiary/aromatic N) is 6. The van der Waals surface area contributed by atoms with Crippen molar-refractivity contribution >= 4 is 5.69 Å². The highest BCUT2D eigenvalue weighted by molar-refractivity contribution is 5.72. The standard InChI is InChI=1S/C27H27N7O/c28-15-19-1-3-20(4-2-19)21-14-26-27-31-30-18-34(27)25-6-5-24(13-22(25)17-33(26)16-21)32-10-7-23(8-11-32)29-9-12-35/h1-6,13-14,16,18,23,29,35H,7-12,17H2. The Morgan fingerprint density at radius 1 is 1.06 bits per heavy atom. The van der Waals surface area contributed by atoms with Gasteiger partial charge in [-0.25, -0.2) is 0 Å². The first-order chi connectivity index (χ1) is 17.2. The molecule has 0 spiro atoms. The van der Waals surface area contributed by atoms with Crippen molar-refractivity contribution in [3.05, 3.63) is 72.2 Å². The molecule has 2 aromatic heterocycles. The average Bonchev–Trinajstić information content (AvgIpc) is 3.53. The average molecular weight is 466 g/mol. The largest absolute Gasteiger partial charge is 0.395 e. The minimum Gasteiger partial charge on any atom is -0.395 e. The van der Waals surface area contributed by atoms with Gasteiger partial charge < -0.3 is 19.9 Å². The molecule has 176 valence electrons. The summed E-state index contributed by atoms with van der Waals surface area (Å²) in [4.78, 5) is 2.45. The van der Waals surface area contributed by atoms with Crippen LogP contribution in [0, 0.1) is 11.3 Å². The van der Waals surface area contributed by atoms with E-state index in [4.69, 9.17) is 10.4 Å². The van der Waals surface area contributed by atoms with Crippen molar-refractivity contribution in [2.45, 2.75) is 25.4 Å². The highest BCUT2D eigenvalue weighted by Crippen LogP contribution is 2.35. The maximum absolute atomic E-state index is 9.12. The van der Waals surface area contributed by atoms with Gasteiger partial charge in [0.1, 0.15) is 6.33 Å². The highest BCUT2D eigenvalue weighted by atomic mass is 16.3. The normalized spacial score (nSPS) is 15.1. The molecule has 8 nitrogen and oxygen atoms in total. The summed E-state index contributed by atoms with van der Waals surface area (Å²) in [5.74, 6) is 0.826. The van der Waals surface area contributed by atoms with E-state index in [1.165, 1.54) is 11.3 Å². The number of piperidine rings is 1. The number of aromatic nitrogens is 4. The Morgan fingerprint density at radius 3 is 2.66 bits per heavy atom. The van der Waals surface area contributed by atoms with Crippen molar-refractivity contribution in [2.24, 2.45) is 0 Å². The Labute approximate surface area is 204 Å². The zero-order chi connectivity index (χ0) is 23.8. The van der Waals surface area contributed by atoms with Crippen LogP contribution in [-0.2, 0) is 6.54 Å². The van der Waals surface area contributed by atoms with Gasteiger partial charge in [-0.15, -0.1) is 10.2 Å². The third-order valence-corrected chi connectivity index (χ3v) is 7.09. The number of benzene rings is 2. The molecule has 0 aliphatic carbocycles. The smallest absolute Gasteiger partial charge is 0.185 e. The summed E-state index contributed by atoms with van der Waals surface area (Å²) < 4.78 is 4.32. The first kappa shape index (κ1) is 21.6. The minimum atomic E-state index is 0.185. The Balaban J connectivity index is 1.31. The summed E-state index contributed by atoms with van der Waals surface area (Å²) >= 11 is 0. The Bertz CT molecular complexity index is 1390. The molecular weight excluding hydrogens is 438 g/mol. The van der Waals surface area contributed by atoms with Gasteiger partial charge in [-0.1, -0.05) is 12.1 Å². The second-order valence-corrected chi connectivity index (χ2v) is 9.21. The predicted molar refractivity (Wildman–Crippen MR) is 134 cm³/mol. The van der Waals surface area contributed by atoms with Gasteiger partial charge in [-0.05, 0) is 60.4 Å². The van der Waals surface area contributed by atoms with Crippen LogP contribution in [0.4, 0.5) is 5.69 Å². The van der Waals surface area contributed by atoms with Gasteiger partial charge in [0.05, 0.1) is 29.6 Å². The third-order valence-electron chi connectivity index (χ3n) is 7.09. The number of nitriles is 1. The van der Waals surface area contributed by atoms with E-state index in [1.807, 2.05) is 24.3 Å². The van der Waals surface area contributed by atoms with Crippen LogP contribution < -0.4 is 10.2 Å². The SMILES string of the molecule is N#Cc1ccc(-c2cc3n(c2)Cc2cc(N4CCC(NCCO)CC4)ccc2-n2cnnc2-3)cc1. The summed E-state index contributed by atoms with van der Waals surface area (Å²) in [6, 6.07) is 19.2. The number of nitrogens with one attached hydrogen (secondary N) is 1. The van der Waals surface area contributed by atoms with Crippen LogP contribution in [0.3, 0.4) is 0 Å². The van der Waals surface area contributed by atoms with Crippen molar-refractivity contribution in [3.8, 4) is 34.4 Å². The highest BCUT2D eigenvalue weighted by Gasteiger charge is 2.24. The van der Waals surface area contributed by atoms with E-state index in [0.717, 1.165) is 60.8 Å². The number of aliphatic hydroxyl groups is 1. The van der Waals surface area contributed by atoms with Crippen molar-refractivity contribution in [2.75, 3.05) is 31.1 Å². The first-order valence-electron chi connectivity index (χ1n) is 12.1. The van der Waals surface area contributed by atoms with E-state index < -0.39 is 0 Å². The molecule has 6 rings (SSSR count). The molecular formula is C27H27N7O. The summed E-state index contributed by atoms with van der Waals surface area (Å²) in [5, 5.41) is 30.3. The van der Waals surface area contributed by atoms with Crippen molar-refractivity contribution in [3.63, 3.8) is 0 Å². The molecule has 8 heteroatoms. The molecule has 2 aromatic carbocycles. The number of anilines is 1. The lowest BCUT2D eigenvalue weighted by atomic mass is 10.0. The molecule has 1 saturated heterocycles. The summed E-state index contributed by atoms with van der Waals surface area (Å²) in [7, 11) is 0. The van der Waals surface area contributed by atoms with E-state index in [9.17, 15) is 0 Å². The molecule has 2 aliphatic rings. The fourth-order valence-electron chi connectivity index (χ4n) is 5.23. The predicted octanol–water partition coefficient (Wildman–Crippen LogP) is 3.19. The molecule has 0 radical (unpaired) electrons. The molecule has 2 N–H and O–H groups in total. The molecule has 35 heavy (non-hydrogen) atoms. The molecule has 4 aromatic rings. The second-order valence-electron chi connectivity index (χ2n) is 9.21. The molecule has 2 aliphatic heterocycles. The number of aliphatic hydroxyl groups excluding tert-OH is 1. The summed E-state index contributed by atoms with van der Waals surface area (Å²) in [6.07, 6.45) is 6.09. The van der Waals surface area contributed by atoms with Gasteiger partial charge >= 0.3 is 0 Å². The third kappa shape index (κ3) is 3.99. The van der Waals surface area contributed by atoms with Crippen molar-refractivity contribution < 1.29 is 5.11 Å². The summed E-state index contributed by atoms with van der Waals surface area (Å²) in [5.41, 5.74) is 7.42. The van der Waals surface area contributed by atoms with Crippen LogP contribution >= 0.6 is 0 Å². The molecule has 4 heterocycles. The van der Waals surface area contributed by atoms with Gasteiger partial charge in [0.15, 0.2) is 5.82 Å². The molecule has 1 fully saturated rings. The fraction of sp³-hybridized carbons (Fsp3) is 0.296. The lowest BCUT2D eigenvalue weighted by Gasteiger charge is -2.34. The lowest BCUT2D eigenvalue weighted by molar-refractivity contribution is 0.277. The second kappa shape index (κ2) is 9.02. The molecule has 0 bridgehead atoms. The van der Waals surface area contributed by atoms with Gasteiger partial charge in [-0.3, -0.25) is 4.57 Å². The topological polar surface area (TPSA) is 94.9 Å². The van der Waals surface area contributed by atoms with Gasteiger partial charge in [0.25, 0.3) is 0 Å². The number of hydrogen-bond acceptors (Lipinski definition) is 6. The van der Waals surface area contributed by atoms with E-state index in [1.54, 1.807) is 6.33 Å². The van der Waals surface area contributed by atoms with Crippen LogP contribution in [-0.4, -0.2) is 56.7 Å².